The first kappa shape index (κ1) is 26.8. The van der Waals surface area contributed by atoms with Gasteiger partial charge in [-0.2, -0.15) is 0 Å². The fourth-order valence-electron chi connectivity index (χ4n) is 4.24. The van der Waals surface area contributed by atoms with Crippen LogP contribution in [0, 0.1) is 0 Å². The van der Waals surface area contributed by atoms with Crippen LogP contribution < -0.4 is 16.0 Å². The Morgan fingerprint density at radius 3 is 1.86 bits per heavy atom. The zero-order valence-electron chi connectivity index (χ0n) is 20.4. The van der Waals surface area contributed by atoms with Crippen molar-refractivity contribution in [3.63, 3.8) is 0 Å². The highest BCUT2D eigenvalue weighted by Crippen LogP contribution is 2.24. The molecule has 3 rings (SSSR count). The standard InChI is InChI=1S/C27H34N4O2S2/c1-19(32)21-9-13-23(14-10-21)29-26(34)28-17-6-18-31(25-7-4-3-5-8-25)27(35)30-24-15-11-22(12-16-24)20(2)33/h9-16,25H,3-8,17-18H2,1-2H3,(H,30,35)(H2,28,29,34). The third kappa shape index (κ3) is 8.40. The smallest absolute Gasteiger partial charge is 0.173 e. The summed E-state index contributed by atoms with van der Waals surface area (Å²) in [6.07, 6.45) is 6.92. The van der Waals surface area contributed by atoms with E-state index in [2.05, 4.69) is 20.9 Å². The predicted octanol–water partition coefficient (Wildman–Crippen LogP) is 5.80. The molecule has 0 heterocycles. The number of rotatable bonds is 9. The molecule has 1 saturated carbocycles. The molecule has 8 heteroatoms. The van der Waals surface area contributed by atoms with Gasteiger partial charge < -0.3 is 20.9 Å². The fraction of sp³-hybridized carbons (Fsp3) is 0.407. The maximum Gasteiger partial charge on any atom is 0.173 e. The second-order valence-corrected chi connectivity index (χ2v) is 9.71. The zero-order valence-corrected chi connectivity index (χ0v) is 22.1. The van der Waals surface area contributed by atoms with Gasteiger partial charge in [0.15, 0.2) is 21.8 Å². The Balaban J connectivity index is 1.51. The highest BCUT2D eigenvalue weighted by atomic mass is 32.1. The van der Waals surface area contributed by atoms with E-state index in [0.29, 0.717) is 22.3 Å². The summed E-state index contributed by atoms with van der Waals surface area (Å²) in [6.45, 7) is 4.66. The lowest BCUT2D eigenvalue weighted by Gasteiger charge is -2.36. The Labute approximate surface area is 218 Å². The lowest BCUT2D eigenvalue weighted by Crippen LogP contribution is -2.45. The molecule has 0 amide bonds. The van der Waals surface area contributed by atoms with Gasteiger partial charge in [0.05, 0.1) is 0 Å². The molecule has 6 nitrogen and oxygen atoms in total. The summed E-state index contributed by atoms with van der Waals surface area (Å²) in [5.41, 5.74) is 3.10. The number of nitrogens with one attached hydrogen (secondary N) is 3. The minimum atomic E-state index is 0.0419. The highest BCUT2D eigenvalue weighted by molar-refractivity contribution is 7.80. The van der Waals surface area contributed by atoms with Crippen LogP contribution in [-0.4, -0.2) is 45.8 Å². The Morgan fingerprint density at radius 1 is 0.829 bits per heavy atom. The van der Waals surface area contributed by atoms with Crippen LogP contribution in [0.25, 0.3) is 0 Å². The molecule has 1 aliphatic rings. The normalized spacial score (nSPS) is 13.5. The molecule has 0 unspecified atom stereocenters. The number of hydrogen-bond acceptors (Lipinski definition) is 4. The number of carbonyl (C=O) groups excluding carboxylic acids is 2. The van der Waals surface area contributed by atoms with Crippen molar-refractivity contribution < 1.29 is 9.59 Å². The summed E-state index contributed by atoms with van der Waals surface area (Å²) in [5.74, 6) is 0.0937. The van der Waals surface area contributed by atoms with Crippen molar-refractivity contribution in [2.75, 3.05) is 23.7 Å². The van der Waals surface area contributed by atoms with Gasteiger partial charge in [0.25, 0.3) is 0 Å². The number of hydrogen-bond donors (Lipinski definition) is 3. The van der Waals surface area contributed by atoms with E-state index >= 15 is 0 Å². The lowest BCUT2D eigenvalue weighted by atomic mass is 9.94. The average molecular weight is 511 g/mol. The minimum Gasteiger partial charge on any atom is -0.362 e. The molecule has 0 bridgehead atoms. The summed E-state index contributed by atoms with van der Waals surface area (Å²) in [4.78, 5) is 25.3. The van der Waals surface area contributed by atoms with Crippen LogP contribution in [0.5, 0.6) is 0 Å². The van der Waals surface area contributed by atoms with Crippen LogP contribution in [0.4, 0.5) is 11.4 Å². The van der Waals surface area contributed by atoms with Crippen LogP contribution in [0.15, 0.2) is 48.5 Å². The monoisotopic (exact) mass is 510 g/mol. The quantitative estimate of drug-likeness (QED) is 0.222. The third-order valence-electron chi connectivity index (χ3n) is 6.23. The van der Waals surface area contributed by atoms with Crippen LogP contribution in [0.2, 0.25) is 0 Å². The van der Waals surface area contributed by atoms with Crippen LogP contribution in [0.1, 0.15) is 73.1 Å². The molecule has 2 aromatic carbocycles. The first-order chi connectivity index (χ1) is 16.8. The Bertz CT molecular complexity index is 1030. The summed E-state index contributed by atoms with van der Waals surface area (Å²) in [5, 5.41) is 11.1. The van der Waals surface area contributed by atoms with Gasteiger partial charge in [-0.25, -0.2) is 0 Å². The topological polar surface area (TPSA) is 73.5 Å². The molecule has 0 radical (unpaired) electrons. The third-order valence-corrected chi connectivity index (χ3v) is 6.81. The molecule has 1 fully saturated rings. The molecule has 0 atom stereocenters. The number of ketones is 2. The second-order valence-electron chi connectivity index (χ2n) is 8.92. The molecule has 0 aromatic heterocycles. The van der Waals surface area contributed by atoms with Crippen LogP contribution in [0.3, 0.4) is 0 Å². The maximum absolute atomic E-state index is 11.5. The van der Waals surface area contributed by atoms with Gasteiger partial charge in [-0.15, -0.1) is 0 Å². The zero-order chi connectivity index (χ0) is 25.2. The van der Waals surface area contributed by atoms with Crippen molar-refractivity contribution in [3.05, 3.63) is 59.7 Å². The fourth-order valence-corrected chi connectivity index (χ4v) is 4.82. The molecule has 186 valence electrons. The van der Waals surface area contributed by atoms with Crippen molar-refractivity contribution in [3.8, 4) is 0 Å². The van der Waals surface area contributed by atoms with Gasteiger partial charge in [-0.3, -0.25) is 9.59 Å². The SMILES string of the molecule is CC(=O)c1ccc(NC(=S)NCCCN(C(=S)Nc2ccc(C(C)=O)cc2)C2CCCCC2)cc1. The highest BCUT2D eigenvalue weighted by Gasteiger charge is 2.23. The number of Topliss-reactive ketones (excluding diaryl/α,β-unsaturated/α-hetero) is 2. The number of nitrogens with zero attached hydrogens (tertiary/aromatic N) is 1. The molecule has 0 saturated heterocycles. The van der Waals surface area contributed by atoms with E-state index < -0.39 is 0 Å². The average Bonchev–Trinajstić information content (AvgIpc) is 2.85. The Hall–Kier alpha value is -2.84. The molecule has 2 aromatic rings. The Kier molecular flexibility index (Phi) is 10.2. The minimum absolute atomic E-state index is 0.0419. The molecule has 0 spiro atoms. The van der Waals surface area contributed by atoms with Gasteiger partial charge >= 0.3 is 0 Å². The van der Waals surface area contributed by atoms with Gasteiger partial charge in [0, 0.05) is 41.6 Å². The molecule has 0 aliphatic heterocycles. The van der Waals surface area contributed by atoms with Gasteiger partial charge in [0.2, 0.25) is 0 Å². The number of benzene rings is 2. The van der Waals surface area contributed by atoms with E-state index in [4.69, 9.17) is 24.4 Å². The summed E-state index contributed by atoms with van der Waals surface area (Å²) < 4.78 is 0. The summed E-state index contributed by atoms with van der Waals surface area (Å²) in [7, 11) is 0. The number of anilines is 2. The van der Waals surface area contributed by atoms with E-state index in [1.165, 1.54) is 19.3 Å². The second kappa shape index (κ2) is 13.3. The molecule has 1 aliphatic carbocycles. The van der Waals surface area contributed by atoms with Gasteiger partial charge in [-0.05, 0) is 106 Å². The number of thiocarbonyl (C=S) groups is 2. The molecule has 35 heavy (non-hydrogen) atoms. The molecular formula is C27H34N4O2S2. The largest absolute Gasteiger partial charge is 0.362 e. The van der Waals surface area contributed by atoms with Crippen molar-refractivity contribution in [1.82, 2.24) is 10.2 Å². The lowest BCUT2D eigenvalue weighted by molar-refractivity contribution is 0.100. The summed E-state index contributed by atoms with van der Waals surface area (Å²) >= 11 is 11.2. The van der Waals surface area contributed by atoms with Crippen molar-refractivity contribution in [2.24, 2.45) is 0 Å². The Morgan fingerprint density at radius 2 is 1.34 bits per heavy atom. The van der Waals surface area contributed by atoms with E-state index in [0.717, 1.165) is 48.8 Å². The van der Waals surface area contributed by atoms with Gasteiger partial charge in [0.1, 0.15) is 0 Å². The van der Waals surface area contributed by atoms with E-state index in [-0.39, 0.29) is 11.6 Å². The maximum atomic E-state index is 11.5. The van der Waals surface area contributed by atoms with Crippen molar-refractivity contribution >= 4 is 57.6 Å². The molecule has 3 N–H and O–H groups in total. The first-order valence-corrected chi connectivity index (χ1v) is 13.0. The first-order valence-electron chi connectivity index (χ1n) is 12.2. The van der Waals surface area contributed by atoms with Crippen LogP contribution >= 0.6 is 24.4 Å². The molecular weight excluding hydrogens is 476 g/mol. The predicted molar refractivity (Wildman–Crippen MR) is 152 cm³/mol. The van der Waals surface area contributed by atoms with Crippen molar-refractivity contribution in [2.45, 2.75) is 58.4 Å². The van der Waals surface area contributed by atoms with Gasteiger partial charge in [-0.1, -0.05) is 19.3 Å². The number of carbonyl (C=O) groups is 2. The van der Waals surface area contributed by atoms with E-state index in [9.17, 15) is 9.59 Å². The van der Waals surface area contributed by atoms with Crippen molar-refractivity contribution in [1.29, 1.82) is 0 Å². The van der Waals surface area contributed by atoms with Crippen LogP contribution in [-0.2, 0) is 0 Å². The van der Waals surface area contributed by atoms with E-state index in [1.807, 2.05) is 36.4 Å². The summed E-state index contributed by atoms with van der Waals surface area (Å²) in [6, 6.07) is 15.2. The van der Waals surface area contributed by atoms with E-state index in [1.54, 1.807) is 26.0 Å².